The molecule has 0 bridgehead atoms. The lowest BCUT2D eigenvalue weighted by Crippen LogP contribution is -1.97. The second kappa shape index (κ2) is 2.70. The lowest BCUT2D eigenvalue weighted by atomic mass is 10.4. The van der Waals surface area contributed by atoms with Crippen molar-refractivity contribution in [2.24, 2.45) is 0 Å². The predicted octanol–water partition coefficient (Wildman–Crippen LogP) is 1.31. The van der Waals surface area contributed by atoms with Gasteiger partial charge in [-0.15, -0.1) is 0 Å². The van der Waals surface area contributed by atoms with Crippen LogP contribution in [0.15, 0.2) is 12.3 Å². The third-order valence-electron chi connectivity index (χ3n) is 1.54. The molecule has 0 aliphatic heterocycles. The molecule has 0 aliphatic rings. The number of aromatic nitrogens is 3. The van der Waals surface area contributed by atoms with E-state index in [2.05, 4.69) is 15.0 Å². The topological polar surface area (TPSA) is 78.9 Å². The molecule has 0 amide bonds. The first-order chi connectivity index (χ1) is 6.18. The molecule has 66 valence electrons. The van der Waals surface area contributed by atoms with Gasteiger partial charge in [0.2, 0.25) is 5.82 Å². The van der Waals surface area contributed by atoms with E-state index in [1.54, 1.807) is 6.07 Å². The lowest BCUT2D eigenvalue weighted by molar-refractivity contribution is 0.0685. The summed E-state index contributed by atoms with van der Waals surface area (Å²) < 4.78 is 0. The molecular weight excluding hydrogens is 194 g/mol. The number of imidazole rings is 1. The van der Waals surface area contributed by atoms with Crippen LogP contribution >= 0.6 is 11.6 Å². The molecule has 0 aromatic carbocycles. The number of H-pyrrole nitrogens is 1. The van der Waals surface area contributed by atoms with Crippen LogP contribution in [0.1, 0.15) is 10.6 Å². The molecule has 2 N–H and O–H groups in total. The number of fused-ring (bicyclic) bond motifs is 1. The smallest absolute Gasteiger partial charge is 0.371 e. The fraction of sp³-hybridized carbons (Fsp3) is 0. The first kappa shape index (κ1) is 8.00. The quantitative estimate of drug-likeness (QED) is 0.723. The summed E-state index contributed by atoms with van der Waals surface area (Å²) >= 11 is 5.77. The summed E-state index contributed by atoms with van der Waals surface area (Å²) in [5.74, 6) is -1.29. The van der Waals surface area contributed by atoms with Crippen molar-refractivity contribution >= 4 is 28.7 Å². The zero-order chi connectivity index (χ0) is 9.42. The van der Waals surface area contributed by atoms with Gasteiger partial charge in [0.25, 0.3) is 0 Å². The fourth-order valence-electron chi connectivity index (χ4n) is 0.982. The van der Waals surface area contributed by atoms with E-state index in [1.165, 1.54) is 6.20 Å². The molecule has 0 aliphatic carbocycles. The summed E-state index contributed by atoms with van der Waals surface area (Å²) in [6, 6.07) is 1.56. The van der Waals surface area contributed by atoms with Crippen LogP contribution in [0.3, 0.4) is 0 Å². The summed E-state index contributed by atoms with van der Waals surface area (Å²) in [5.41, 5.74) is 0.756. The average molecular weight is 198 g/mol. The zero-order valence-electron chi connectivity index (χ0n) is 6.28. The van der Waals surface area contributed by atoms with Crippen LogP contribution < -0.4 is 0 Å². The molecular formula is C7H4ClN3O2. The predicted molar refractivity (Wildman–Crippen MR) is 45.9 cm³/mol. The Labute approximate surface area is 77.4 Å². The Morgan fingerprint density at radius 1 is 1.62 bits per heavy atom. The number of aromatic amines is 1. The molecule has 13 heavy (non-hydrogen) atoms. The number of aromatic carboxylic acids is 1. The Morgan fingerprint density at radius 3 is 3.00 bits per heavy atom. The molecule has 0 atom stereocenters. The molecule has 0 unspecified atom stereocenters. The summed E-state index contributed by atoms with van der Waals surface area (Å²) in [6.07, 6.45) is 1.47. The average Bonchev–Trinajstić information content (AvgIpc) is 2.49. The molecule has 6 heteroatoms. The van der Waals surface area contributed by atoms with Crippen molar-refractivity contribution in [3.63, 3.8) is 0 Å². The minimum atomic E-state index is -1.13. The lowest BCUT2D eigenvalue weighted by Gasteiger charge is -1.88. The van der Waals surface area contributed by atoms with Crippen molar-refractivity contribution < 1.29 is 9.90 Å². The van der Waals surface area contributed by atoms with E-state index >= 15 is 0 Å². The van der Waals surface area contributed by atoms with Crippen molar-refractivity contribution in [2.75, 3.05) is 0 Å². The fourth-order valence-corrected chi connectivity index (χ4v) is 1.17. The van der Waals surface area contributed by atoms with Gasteiger partial charge >= 0.3 is 5.97 Å². The Morgan fingerprint density at radius 2 is 2.38 bits per heavy atom. The summed E-state index contributed by atoms with van der Waals surface area (Å²) in [4.78, 5) is 20.7. The second-order valence-corrected chi connectivity index (χ2v) is 2.79. The summed E-state index contributed by atoms with van der Waals surface area (Å²) in [7, 11) is 0. The van der Waals surface area contributed by atoms with E-state index < -0.39 is 5.97 Å². The van der Waals surface area contributed by atoms with E-state index in [1.807, 2.05) is 0 Å². The van der Waals surface area contributed by atoms with Gasteiger partial charge in [-0.05, 0) is 6.07 Å². The molecule has 2 heterocycles. The zero-order valence-corrected chi connectivity index (χ0v) is 7.04. The summed E-state index contributed by atoms with van der Waals surface area (Å²) in [5, 5.41) is 9.02. The molecule has 0 fully saturated rings. The van der Waals surface area contributed by atoms with Crippen molar-refractivity contribution in [1.29, 1.82) is 0 Å². The Balaban J connectivity index is 2.75. The van der Waals surface area contributed by atoms with Crippen molar-refractivity contribution in [1.82, 2.24) is 15.0 Å². The highest BCUT2D eigenvalue weighted by Gasteiger charge is 2.11. The third-order valence-corrected chi connectivity index (χ3v) is 1.86. The number of carbonyl (C=O) groups is 1. The maximum absolute atomic E-state index is 10.5. The number of pyridine rings is 1. The van der Waals surface area contributed by atoms with Gasteiger partial charge in [0.05, 0.1) is 5.02 Å². The Kier molecular flexibility index (Phi) is 1.66. The van der Waals surface area contributed by atoms with Crippen LogP contribution in [-0.4, -0.2) is 26.0 Å². The van der Waals surface area contributed by atoms with Gasteiger partial charge < -0.3 is 10.1 Å². The first-order valence-electron chi connectivity index (χ1n) is 3.42. The van der Waals surface area contributed by atoms with E-state index in [-0.39, 0.29) is 5.82 Å². The van der Waals surface area contributed by atoms with Crippen LogP contribution in [0.5, 0.6) is 0 Å². The number of nitrogens with zero attached hydrogens (tertiary/aromatic N) is 2. The van der Waals surface area contributed by atoms with Crippen LogP contribution in [-0.2, 0) is 0 Å². The molecule has 2 aromatic rings. The highest BCUT2D eigenvalue weighted by atomic mass is 35.5. The van der Waals surface area contributed by atoms with Crippen LogP contribution in [0.2, 0.25) is 5.02 Å². The minimum Gasteiger partial charge on any atom is -0.475 e. The van der Waals surface area contributed by atoms with Gasteiger partial charge in [-0.2, -0.15) is 0 Å². The first-order valence-corrected chi connectivity index (χ1v) is 3.80. The van der Waals surface area contributed by atoms with Crippen molar-refractivity contribution in [2.45, 2.75) is 0 Å². The van der Waals surface area contributed by atoms with Gasteiger partial charge in [-0.3, -0.25) is 0 Å². The number of hydrogen-bond acceptors (Lipinski definition) is 3. The van der Waals surface area contributed by atoms with Crippen LogP contribution in [0.25, 0.3) is 11.2 Å². The van der Waals surface area contributed by atoms with Crippen molar-refractivity contribution in [3.8, 4) is 0 Å². The Bertz CT molecular complexity index is 480. The van der Waals surface area contributed by atoms with Crippen molar-refractivity contribution in [3.05, 3.63) is 23.1 Å². The highest BCUT2D eigenvalue weighted by Crippen LogP contribution is 2.18. The normalized spacial score (nSPS) is 10.5. The molecule has 0 saturated heterocycles. The number of halogens is 1. The second-order valence-electron chi connectivity index (χ2n) is 2.38. The van der Waals surface area contributed by atoms with Crippen LogP contribution in [0, 0.1) is 0 Å². The monoisotopic (exact) mass is 197 g/mol. The van der Waals surface area contributed by atoms with E-state index in [9.17, 15) is 4.79 Å². The van der Waals surface area contributed by atoms with Crippen LogP contribution in [0.4, 0.5) is 0 Å². The molecule has 5 nitrogen and oxygen atoms in total. The number of nitrogens with one attached hydrogen (secondary N) is 1. The molecule has 2 rings (SSSR count). The number of carboxylic acid groups (broad SMARTS) is 1. The van der Waals surface area contributed by atoms with E-state index in [0.717, 1.165) is 0 Å². The molecule has 0 radical (unpaired) electrons. The standard InChI is InChI=1S/C7H4ClN3O2/c8-3-1-2-9-5-4(3)10-6(11-5)7(12)13/h1-2H,(H,12,13)(H,9,10,11). The maximum Gasteiger partial charge on any atom is 0.371 e. The maximum atomic E-state index is 10.5. The SMILES string of the molecule is O=C(O)c1nc2nccc(Cl)c2[nH]1. The number of carboxylic acids is 1. The van der Waals surface area contributed by atoms with Gasteiger partial charge in [-0.1, -0.05) is 11.6 Å². The van der Waals surface area contributed by atoms with E-state index in [4.69, 9.17) is 16.7 Å². The molecule has 0 spiro atoms. The number of rotatable bonds is 1. The molecule has 0 saturated carbocycles. The third kappa shape index (κ3) is 1.23. The number of hydrogen-bond donors (Lipinski definition) is 2. The highest BCUT2D eigenvalue weighted by molar-refractivity contribution is 6.34. The van der Waals surface area contributed by atoms with E-state index in [0.29, 0.717) is 16.2 Å². The van der Waals surface area contributed by atoms with Gasteiger partial charge in [-0.25, -0.2) is 14.8 Å². The Hall–Kier alpha value is -1.62. The minimum absolute atomic E-state index is 0.157. The van der Waals surface area contributed by atoms with Gasteiger partial charge in [0.15, 0.2) is 5.65 Å². The molecule has 2 aromatic heterocycles. The summed E-state index contributed by atoms with van der Waals surface area (Å²) in [6.45, 7) is 0. The largest absolute Gasteiger partial charge is 0.475 e. The van der Waals surface area contributed by atoms with Gasteiger partial charge in [0, 0.05) is 6.20 Å². The van der Waals surface area contributed by atoms with Gasteiger partial charge in [0.1, 0.15) is 5.52 Å².